The van der Waals surface area contributed by atoms with Crippen LogP contribution in [0, 0.1) is 0 Å². The van der Waals surface area contributed by atoms with Crippen LogP contribution < -0.4 is 0 Å². The van der Waals surface area contributed by atoms with Crippen molar-refractivity contribution in [1.29, 1.82) is 0 Å². The summed E-state index contributed by atoms with van der Waals surface area (Å²) in [6.07, 6.45) is 8.90. The molecule has 0 saturated heterocycles. The zero-order valence-corrected chi connectivity index (χ0v) is 12.5. The van der Waals surface area contributed by atoms with Crippen molar-refractivity contribution >= 4 is 15.9 Å². The second-order valence-corrected chi connectivity index (χ2v) is 5.41. The molecule has 0 unspecified atom stereocenters. The van der Waals surface area contributed by atoms with Crippen molar-refractivity contribution in [3.63, 3.8) is 0 Å². The summed E-state index contributed by atoms with van der Waals surface area (Å²) in [7, 11) is 0. The van der Waals surface area contributed by atoms with Gasteiger partial charge in [-0.3, -0.25) is 9.88 Å². The number of halogens is 1. The molecule has 0 aromatic carbocycles. The van der Waals surface area contributed by atoms with Crippen LogP contribution >= 0.6 is 15.9 Å². The summed E-state index contributed by atoms with van der Waals surface area (Å²) in [6.45, 7) is 7.91. The molecule has 0 bridgehead atoms. The summed E-state index contributed by atoms with van der Waals surface area (Å²) in [5.41, 5.74) is 1.30. The maximum atomic E-state index is 4.22. The lowest BCUT2D eigenvalue weighted by atomic mass is 10.2. The minimum Gasteiger partial charge on any atom is -0.299 e. The van der Waals surface area contributed by atoms with E-state index in [1.807, 2.05) is 12.4 Å². The van der Waals surface area contributed by atoms with Gasteiger partial charge in [0.25, 0.3) is 0 Å². The second-order valence-electron chi connectivity index (χ2n) is 4.49. The largest absolute Gasteiger partial charge is 0.299 e. The number of nitrogens with zero attached hydrogens (tertiary/aromatic N) is 2. The van der Waals surface area contributed by atoms with Crippen molar-refractivity contribution in [2.75, 3.05) is 13.1 Å². The van der Waals surface area contributed by atoms with Gasteiger partial charge in [-0.25, -0.2) is 0 Å². The van der Waals surface area contributed by atoms with Gasteiger partial charge < -0.3 is 0 Å². The molecule has 1 rings (SSSR count). The minimum absolute atomic E-state index is 1.02. The van der Waals surface area contributed by atoms with Gasteiger partial charge in [0, 0.05) is 23.4 Å². The Bertz CT molecular complexity index is 307. The molecule has 0 fully saturated rings. The molecule has 0 aliphatic rings. The molecule has 3 heteroatoms. The third-order valence-electron chi connectivity index (χ3n) is 2.82. The van der Waals surface area contributed by atoms with Gasteiger partial charge in [-0.1, -0.05) is 26.7 Å². The average molecular weight is 299 g/mol. The van der Waals surface area contributed by atoms with Crippen molar-refractivity contribution in [2.45, 2.75) is 46.1 Å². The normalized spacial score (nSPS) is 11.1. The van der Waals surface area contributed by atoms with Gasteiger partial charge in [0.1, 0.15) is 0 Å². The van der Waals surface area contributed by atoms with E-state index in [2.05, 4.69) is 45.7 Å². The van der Waals surface area contributed by atoms with Gasteiger partial charge in [-0.15, -0.1) is 0 Å². The van der Waals surface area contributed by atoms with Crippen LogP contribution in [0.15, 0.2) is 22.9 Å². The lowest BCUT2D eigenvalue weighted by Crippen LogP contribution is -2.25. The summed E-state index contributed by atoms with van der Waals surface area (Å²) in [4.78, 5) is 6.76. The third-order valence-corrected chi connectivity index (χ3v) is 3.26. The van der Waals surface area contributed by atoms with E-state index < -0.39 is 0 Å². The van der Waals surface area contributed by atoms with E-state index in [1.54, 1.807) is 0 Å². The van der Waals surface area contributed by atoms with Gasteiger partial charge >= 0.3 is 0 Å². The molecule has 2 nitrogen and oxygen atoms in total. The van der Waals surface area contributed by atoms with E-state index >= 15 is 0 Å². The zero-order chi connectivity index (χ0) is 12.5. The number of pyridine rings is 1. The Hall–Kier alpha value is -0.410. The molecular formula is C14H23BrN2. The van der Waals surface area contributed by atoms with Crippen LogP contribution in [-0.2, 0) is 6.54 Å². The van der Waals surface area contributed by atoms with Crippen molar-refractivity contribution < 1.29 is 0 Å². The van der Waals surface area contributed by atoms with Crippen molar-refractivity contribution in [3.8, 4) is 0 Å². The standard InChI is InChI=1S/C14H23BrN2/c1-3-5-7-17(8-6-4-2)12-13-9-14(15)11-16-10-13/h9-11H,3-8,12H2,1-2H3. The first kappa shape index (κ1) is 14.7. The highest BCUT2D eigenvalue weighted by Gasteiger charge is 2.05. The van der Waals surface area contributed by atoms with E-state index in [4.69, 9.17) is 0 Å². The lowest BCUT2D eigenvalue weighted by molar-refractivity contribution is 0.257. The van der Waals surface area contributed by atoms with E-state index in [0.29, 0.717) is 0 Å². The summed E-state index contributed by atoms with van der Waals surface area (Å²) in [5.74, 6) is 0. The third kappa shape index (κ3) is 6.18. The molecule has 1 aromatic heterocycles. The van der Waals surface area contributed by atoms with Crippen LogP contribution in [0.25, 0.3) is 0 Å². The summed E-state index contributed by atoms with van der Waals surface area (Å²) in [6, 6.07) is 2.16. The molecular weight excluding hydrogens is 276 g/mol. The first-order valence-corrected chi connectivity index (χ1v) is 7.37. The molecule has 0 N–H and O–H groups in total. The van der Waals surface area contributed by atoms with E-state index in [1.165, 1.54) is 44.3 Å². The second kappa shape index (κ2) is 8.65. The Balaban J connectivity index is 2.51. The topological polar surface area (TPSA) is 16.1 Å². The lowest BCUT2D eigenvalue weighted by Gasteiger charge is -2.21. The number of rotatable bonds is 8. The molecule has 0 aliphatic heterocycles. The van der Waals surface area contributed by atoms with Gasteiger partial charge in [0.05, 0.1) is 0 Å². The van der Waals surface area contributed by atoms with Crippen LogP contribution in [0.2, 0.25) is 0 Å². The molecule has 0 atom stereocenters. The van der Waals surface area contributed by atoms with Crippen molar-refractivity contribution in [3.05, 3.63) is 28.5 Å². The molecule has 17 heavy (non-hydrogen) atoms. The summed E-state index contributed by atoms with van der Waals surface area (Å²) >= 11 is 3.48. The first-order valence-electron chi connectivity index (χ1n) is 6.58. The Labute approximate surface area is 114 Å². The first-order chi connectivity index (χ1) is 8.26. The maximum absolute atomic E-state index is 4.22. The minimum atomic E-state index is 1.02. The van der Waals surface area contributed by atoms with Crippen LogP contribution in [-0.4, -0.2) is 23.0 Å². The highest BCUT2D eigenvalue weighted by molar-refractivity contribution is 9.10. The van der Waals surface area contributed by atoms with E-state index in [9.17, 15) is 0 Å². The SMILES string of the molecule is CCCCN(CCCC)Cc1cncc(Br)c1. The summed E-state index contributed by atoms with van der Waals surface area (Å²) < 4.78 is 1.07. The van der Waals surface area contributed by atoms with Crippen molar-refractivity contribution in [1.82, 2.24) is 9.88 Å². The predicted molar refractivity (Wildman–Crippen MR) is 77.0 cm³/mol. The Morgan fingerprint density at radius 1 is 1.12 bits per heavy atom. The molecule has 0 spiro atoms. The molecule has 0 aliphatic carbocycles. The van der Waals surface area contributed by atoms with Gasteiger partial charge in [0.2, 0.25) is 0 Å². The highest BCUT2D eigenvalue weighted by Crippen LogP contribution is 2.12. The number of unbranched alkanes of at least 4 members (excludes halogenated alkanes) is 2. The van der Waals surface area contributed by atoms with E-state index in [-0.39, 0.29) is 0 Å². The van der Waals surface area contributed by atoms with Crippen LogP contribution in [0.3, 0.4) is 0 Å². The van der Waals surface area contributed by atoms with Gasteiger partial charge in [0.15, 0.2) is 0 Å². The summed E-state index contributed by atoms with van der Waals surface area (Å²) in [5, 5.41) is 0. The molecule has 0 radical (unpaired) electrons. The Kier molecular flexibility index (Phi) is 7.45. The molecule has 96 valence electrons. The van der Waals surface area contributed by atoms with E-state index in [0.717, 1.165) is 11.0 Å². The van der Waals surface area contributed by atoms with Gasteiger partial charge in [-0.05, 0) is 53.5 Å². The number of aromatic nitrogens is 1. The fourth-order valence-corrected chi connectivity index (χ4v) is 2.25. The van der Waals surface area contributed by atoms with Crippen molar-refractivity contribution in [2.24, 2.45) is 0 Å². The quantitative estimate of drug-likeness (QED) is 0.713. The zero-order valence-electron chi connectivity index (χ0n) is 11.0. The maximum Gasteiger partial charge on any atom is 0.0410 e. The van der Waals surface area contributed by atoms with Crippen LogP contribution in [0.1, 0.15) is 45.1 Å². The molecule has 1 heterocycles. The predicted octanol–water partition coefficient (Wildman–Crippen LogP) is 4.25. The highest BCUT2D eigenvalue weighted by atomic mass is 79.9. The molecule has 1 aromatic rings. The number of hydrogen-bond donors (Lipinski definition) is 0. The fraction of sp³-hybridized carbons (Fsp3) is 0.643. The van der Waals surface area contributed by atoms with Crippen LogP contribution in [0.5, 0.6) is 0 Å². The van der Waals surface area contributed by atoms with Crippen LogP contribution in [0.4, 0.5) is 0 Å². The Morgan fingerprint density at radius 3 is 2.29 bits per heavy atom. The van der Waals surface area contributed by atoms with Gasteiger partial charge in [-0.2, -0.15) is 0 Å². The molecule has 0 amide bonds. The Morgan fingerprint density at radius 2 is 1.76 bits per heavy atom. The smallest absolute Gasteiger partial charge is 0.0410 e. The monoisotopic (exact) mass is 298 g/mol. The average Bonchev–Trinajstić information content (AvgIpc) is 2.32. The number of hydrogen-bond acceptors (Lipinski definition) is 2. The molecule has 0 saturated carbocycles. The fourth-order valence-electron chi connectivity index (χ4n) is 1.83.